The molecule has 4 rings (SSSR count). The number of hydrogen-bond donors (Lipinski definition) is 1. The van der Waals surface area contributed by atoms with Crippen LogP contribution in [0.1, 0.15) is 23.4 Å². The Morgan fingerprint density at radius 1 is 1.18 bits per heavy atom. The molecule has 148 valence electrons. The molecule has 0 bridgehead atoms. The van der Waals surface area contributed by atoms with Crippen molar-refractivity contribution in [3.8, 4) is 0 Å². The Bertz CT molecular complexity index is 935. The van der Waals surface area contributed by atoms with Crippen molar-refractivity contribution < 1.29 is 0 Å². The molecule has 3 aromatic rings. The zero-order valence-corrected chi connectivity index (χ0v) is 18.8. The maximum atomic E-state index is 4.70. The molecular weight excluding hydrogens is 461 g/mol. The summed E-state index contributed by atoms with van der Waals surface area (Å²) in [6.45, 7) is 4.90. The lowest BCUT2D eigenvalue weighted by Crippen LogP contribution is -2.39. The fraction of sp³-hybridized carbons (Fsp3) is 0.364. The van der Waals surface area contributed by atoms with Gasteiger partial charge in [0.05, 0.1) is 12.2 Å². The third-order valence-electron chi connectivity index (χ3n) is 5.34. The Labute approximate surface area is 183 Å². The predicted octanol–water partition coefficient (Wildman–Crippen LogP) is 3.90. The van der Waals surface area contributed by atoms with Crippen LogP contribution >= 0.6 is 24.0 Å². The van der Waals surface area contributed by atoms with Gasteiger partial charge in [0.15, 0.2) is 5.96 Å². The van der Waals surface area contributed by atoms with Gasteiger partial charge in [0.25, 0.3) is 0 Å². The van der Waals surface area contributed by atoms with Gasteiger partial charge in [0.2, 0.25) is 0 Å². The Morgan fingerprint density at radius 2 is 2.00 bits per heavy atom. The molecule has 1 unspecified atom stereocenters. The number of pyridine rings is 1. The van der Waals surface area contributed by atoms with Gasteiger partial charge in [-0.3, -0.25) is 4.99 Å². The largest absolute Gasteiger partial charge is 0.351 e. The number of likely N-dealkylation sites (tertiary alicyclic amines) is 1. The molecule has 1 N–H and O–H groups in total. The summed E-state index contributed by atoms with van der Waals surface area (Å²) in [6, 6.07) is 17.0. The summed E-state index contributed by atoms with van der Waals surface area (Å²) in [5.74, 6) is 1.66. The van der Waals surface area contributed by atoms with Crippen molar-refractivity contribution in [3.63, 3.8) is 0 Å². The van der Waals surface area contributed by atoms with Crippen molar-refractivity contribution in [1.29, 1.82) is 0 Å². The Balaban J connectivity index is 0.00000225. The van der Waals surface area contributed by atoms with E-state index in [0.717, 1.165) is 36.8 Å². The van der Waals surface area contributed by atoms with Gasteiger partial charge in [-0.1, -0.05) is 36.4 Å². The van der Waals surface area contributed by atoms with Crippen LogP contribution in [-0.4, -0.2) is 40.4 Å². The lowest BCUT2D eigenvalue weighted by molar-refractivity contribution is 0.459. The highest BCUT2D eigenvalue weighted by Gasteiger charge is 2.25. The summed E-state index contributed by atoms with van der Waals surface area (Å²) < 4.78 is 2.13. The van der Waals surface area contributed by atoms with Crippen molar-refractivity contribution >= 4 is 35.6 Å². The first-order valence-electron chi connectivity index (χ1n) is 9.66. The quantitative estimate of drug-likeness (QED) is 0.344. The van der Waals surface area contributed by atoms with E-state index in [2.05, 4.69) is 69.1 Å². The van der Waals surface area contributed by atoms with Crippen molar-refractivity contribution in [2.45, 2.75) is 26.3 Å². The highest BCUT2D eigenvalue weighted by Crippen LogP contribution is 2.21. The zero-order chi connectivity index (χ0) is 18.6. The SMILES string of the molecule is CN=C(NCc1cn2c(C)cccc2n1)N1CCC(Cc2ccccc2)C1.I. The average molecular weight is 489 g/mol. The number of aromatic nitrogens is 2. The lowest BCUT2D eigenvalue weighted by atomic mass is 9.99. The Morgan fingerprint density at radius 3 is 2.75 bits per heavy atom. The third kappa shape index (κ3) is 4.66. The van der Waals surface area contributed by atoms with Crippen LogP contribution in [0.25, 0.3) is 5.65 Å². The minimum absolute atomic E-state index is 0. The van der Waals surface area contributed by atoms with E-state index in [4.69, 9.17) is 4.98 Å². The van der Waals surface area contributed by atoms with Crippen LogP contribution in [0.15, 0.2) is 59.7 Å². The highest BCUT2D eigenvalue weighted by atomic mass is 127. The van der Waals surface area contributed by atoms with E-state index >= 15 is 0 Å². The number of fused-ring (bicyclic) bond motifs is 1. The predicted molar refractivity (Wildman–Crippen MR) is 125 cm³/mol. The maximum Gasteiger partial charge on any atom is 0.193 e. The lowest BCUT2D eigenvalue weighted by Gasteiger charge is -2.21. The van der Waals surface area contributed by atoms with E-state index in [1.165, 1.54) is 17.7 Å². The van der Waals surface area contributed by atoms with Crippen molar-refractivity contribution in [2.75, 3.05) is 20.1 Å². The van der Waals surface area contributed by atoms with E-state index in [0.29, 0.717) is 12.5 Å². The Kier molecular flexibility index (Phi) is 6.93. The molecule has 1 aromatic carbocycles. The number of halogens is 1. The second-order valence-corrected chi connectivity index (χ2v) is 7.32. The van der Waals surface area contributed by atoms with Crippen LogP contribution in [-0.2, 0) is 13.0 Å². The van der Waals surface area contributed by atoms with E-state index in [9.17, 15) is 0 Å². The number of imidazole rings is 1. The topological polar surface area (TPSA) is 44.9 Å². The number of hydrogen-bond acceptors (Lipinski definition) is 2. The molecule has 0 aliphatic carbocycles. The second-order valence-electron chi connectivity index (χ2n) is 7.32. The van der Waals surface area contributed by atoms with Crippen LogP contribution in [0.5, 0.6) is 0 Å². The normalized spacial score (nSPS) is 17.0. The van der Waals surface area contributed by atoms with E-state index in [1.54, 1.807) is 0 Å². The Hall–Kier alpha value is -2.09. The van der Waals surface area contributed by atoms with Gasteiger partial charge >= 0.3 is 0 Å². The molecular formula is C22H28IN5. The molecule has 0 amide bonds. The number of aliphatic imine (C=N–C) groups is 1. The van der Waals surface area contributed by atoms with Crippen LogP contribution in [0.2, 0.25) is 0 Å². The first-order valence-corrected chi connectivity index (χ1v) is 9.66. The molecule has 1 saturated heterocycles. The molecule has 0 spiro atoms. The molecule has 3 heterocycles. The summed E-state index contributed by atoms with van der Waals surface area (Å²) >= 11 is 0. The standard InChI is InChI=1S/C22H27N5.HI/c1-17-7-6-10-21-25-20(16-27(17)21)14-24-22(23-2)26-12-11-19(15-26)13-18-8-4-3-5-9-18;/h3-10,16,19H,11-15H2,1-2H3,(H,23,24);1H. The summed E-state index contributed by atoms with van der Waals surface area (Å²) in [5, 5.41) is 3.49. The fourth-order valence-electron chi connectivity index (χ4n) is 3.92. The number of nitrogens with zero attached hydrogens (tertiary/aromatic N) is 4. The van der Waals surface area contributed by atoms with Crippen LogP contribution < -0.4 is 5.32 Å². The van der Waals surface area contributed by atoms with Gasteiger partial charge in [-0.15, -0.1) is 24.0 Å². The molecule has 0 saturated carbocycles. The molecule has 1 aliphatic heterocycles. The van der Waals surface area contributed by atoms with E-state index in [-0.39, 0.29) is 24.0 Å². The summed E-state index contributed by atoms with van der Waals surface area (Å²) in [4.78, 5) is 11.6. The van der Waals surface area contributed by atoms with Crippen molar-refractivity contribution in [1.82, 2.24) is 19.6 Å². The van der Waals surface area contributed by atoms with Crippen molar-refractivity contribution in [2.24, 2.45) is 10.9 Å². The number of benzene rings is 1. The smallest absolute Gasteiger partial charge is 0.193 e. The molecule has 0 radical (unpaired) electrons. The molecule has 1 fully saturated rings. The number of rotatable bonds is 4. The molecule has 1 aliphatic rings. The van der Waals surface area contributed by atoms with Gasteiger partial charge in [-0.05, 0) is 43.4 Å². The molecule has 1 atom stereocenters. The molecule has 6 heteroatoms. The molecule has 5 nitrogen and oxygen atoms in total. The van der Waals surface area contributed by atoms with E-state index in [1.807, 2.05) is 19.2 Å². The third-order valence-corrected chi connectivity index (χ3v) is 5.34. The summed E-state index contributed by atoms with van der Waals surface area (Å²) in [7, 11) is 1.86. The van der Waals surface area contributed by atoms with Crippen LogP contribution in [0, 0.1) is 12.8 Å². The maximum absolute atomic E-state index is 4.70. The van der Waals surface area contributed by atoms with Gasteiger partial charge in [-0.2, -0.15) is 0 Å². The van der Waals surface area contributed by atoms with Gasteiger partial charge in [0, 0.05) is 32.0 Å². The van der Waals surface area contributed by atoms with Crippen LogP contribution in [0.3, 0.4) is 0 Å². The first-order chi connectivity index (χ1) is 13.2. The van der Waals surface area contributed by atoms with Crippen LogP contribution in [0.4, 0.5) is 0 Å². The number of nitrogens with one attached hydrogen (secondary N) is 1. The fourth-order valence-corrected chi connectivity index (χ4v) is 3.92. The van der Waals surface area contributed by atoms with E-state index < -0.39 is 0 Å². The van der Waals surface area contributed by atoms with Gasteiger partial charge in [-0.25, -0.2) is 4.98 Å². The van der Waals surface area contributed by atoms with Crippen molar-refractivity contribution in [3.05, 3.63) is 71.7 Å². The highest BCUT2D eigenvalue weighted by molar-refractivity contribution is 14.0. The summed E-state index contributed by atoms with van der Waals surface area (Å²) in [6.07, 6.45) is 4.45. The number of guanidine groups is 1. The monoisotopic (exact) mass is 489 g/mol. The average Bonchev–Trinajstić information content (AvgIpc) is 3.31. The minimum atomic E-state index is 0. The molecule has 28 heavy (non-hydrogen) atoms. The minimum Gasteiger partial charge on any atom is -0.351 e. The number of aryl methyl sites for hydroxylation is 1. The second kappa shape index (κ2) is 9.41. The zero-order valence-electron chi connectivity index (χ0n) is 16.5. The molecule has 2 aromatic heterocycles. The first kappa shape index (κ1) is 20.6. The van der Waals surface area contributed by atoms with Gasteiger partial charge in [0.1, 0.15) is 5.65 Å². The van der Waals surface area contributed by atoms with Gasteiger partial charge < -0.3 is 14.6 Å². The summed E-state index contributed by atoms with van der Waals surface area (Å²) in [5.41, 5.74) is 4.64.